The highest BCUT2D eigenvalue weighted by Crippen LogP contribution is 2.34. The van der Waals surface area contributed by atoms with Crippen molar-refractivity contribution in [1.82, 2.24) is 20.1 Å². The van der Waals surface area contributed by atoms with E-state index in [9.17, 15) is 0 Å². The zero-order chi connectivity index (χ0) is 18.8. The largest absolute Gasteiger partial charge is 0.383 e. The Morgan fingerprint density at radius 2 is 2.00 bits per heavy atom. The first-order valence-electron chi connectivity index (χ1n) is 8.68. The van der Waals surface area contributed by atoms with Gasteiger partial charge in [-0.25, -0.2) is 9.97 Å². The van der Waals surface area contributed by atoms with E-state index in [1.54, 1.807) is 0 Å². The maximum atomic E-state index is 6.19. The summed E-state index contributed by atoms with van der Waals surface area (Å²) in [6, 6.07) is 7.39. The third-order valence-corrected chi connectivity index (χ3v) is 5.18. The molecule has 0 bridgehead atoms. The standard InChI is InChI=1S/C18H18Cl2N6O/c1-21-14-15(20)22-10-23-17(14)26-8-2-3-12(9-26)18-24-16(25-27-18)11-4-6-13(19)7-5-11/h4-7,10,12,21H,2-3,8-9H2,1H3. The molecule has 0 amide bonds. The van der Waals surface area contributed by atoms with Crippen LogP contribution < -0.4 is 10.2 Å². The molecule has 1 saturated heterocycles. The fourth-order valence-corrected chi connectivity index (χ4v) is 3.65. The van der Waals surface area contributed by atoms with Gasteiger partial charge in [-0.05, 0) is 37.1 Å². The van der Waals surface area contributed by atoms with Gasteiger partial charge in [0.05, 0.1) is 5.92 Å². The number of piperidine rings is 1. The van der Waals surface area contributed by atoms with Crippen LogP contribution in [0.2, 0.25) is 10.2 Å². The van der Waals surface area contributed by atoms with Crippen LogP contribution in [0.4, 0.5) is 11.5 Å². The lowest BCUT2D eigenvalue weighted by atomic mass is 9.98. The monoisotopic (exact) mass is 404 g/mol. The first-order valence-corrected chi connectivity index (χ1v) is 9.44. The van der Waals surface area contributed by atoms with Crippen molar-refractivity contribution in [2.45, 2.75) is 18.8 Å². The molecule has 1 fully saturated rings. The quantitative estimate of drug-likeness (QED) is 0.650. The minimum Gasteiger partial charge on any atom is -0.383 e. The van der Waals surface area contributed by atoms with Crippen molar-refractivity contribution in [1.29, 1.82) is 0 Å². The fraction of sp³-hybridized carbons (Fsp3) is 0.333. The predicted octanol–water partition coefficient (Wildman–Crippen LogP) is 4.26. The van der Waals surface area contributed by atoms with Crippen molar-refractivity contribution >= 4 is 34.7 Å². The average molecular weight is 405 g/mol. The van der Waals surface area contributed by atoms with E-state index >= 15 is 0 Å². The average Bonchev–Trinajstić information content (AvgIpc) is 3.19. The zero-order valence-corrected chi connectivity index (χ0v) is 16.2. The second-order valence-corrected chi connectivity index (χ2v) is 7.16. The normalized spacial score (nSPS) is 17.1. The summed E-state index contributed by atoms with van der Waals surface area (Å²) in [4.78, 5) is 15.2. The molecule has 1 unspecified atom stereocenters. The molecule has 3 heterocycles. The van der Waals surface area contributed by atoms with Crippen molar-refractivity contribution in [2.75, 3.05) is 30.4 Å². The number of aromatic nitrogens is 4. The highest BCUT2D eigenvalue weighted by molar-refractivity contribution is 6.32. The predicted molar refractivity (Wildman–Crippen MR) is 106 cm³/mol. The molecule has 0 spiro atoms. The van der Waals surface area contributed by atoms with Gasteiger partial charge in [-0.3, -0.25) is 0 Å². The third-order valence-electron chi connectivity index (χ3n) is 4.65. The Kier molecular flexibility index (Phi) is 5.13. The van der Waals surface area contributed by atoms with Crippen LogP contribution >= 0.6 is 23.2 Å². The molecule has 7 nitrogen and oxygen atoms in total. The van der Waals surface area contributed by atoms with Gasteiger partial charge in [-0.2, -0.15) is 4.98 Å². The lowest BCUT2D eigenvalue weighted by molar-refractivity contribution is 0.333. The van der Waals surface area contributed by atoms with Gasteiger partial charge in [-0.1, -0.05) is 28.4 Å². The maximum absolute atomic E-state index is 6.19. The van der Waals surface area contributed by atoms with Gasteiger partial charge in [0.1, 0.15) is 12.0 Å². The van der Waals surface area contributed by atoms with E-state index in [4.69, 9.17) is 27.7 Å². The molecule has 4 rings (SSSR count). The van der Waals surface area contributed by atoms with Gasteiger partial charge in [0.15, 0.2) is 11.0 Å². The number of nitrogens with one attached hydrogen (secondary N) is 1. The summed E-state index contributed by atoms with van der Waals surface area (Å²) in [5.41, 5.74) is 1.61. The van der Waals surface area contributed by atoms with Crippen LogP contribution in [0.15, 0.2) is 35.1 Å². The van der Waals surface area contributed by atoms with E-state index in [1.807, 2.05) is 31.3 Å². The minimum absolute atomic E-state index is 0.130. The molecule has 2 aromatic heterocycles. The van der Waals surface area contributed by atoms with Gasteiger partial charge in [-0.15, -0.1) is 0 Å². The first kappa shape index (κ1) is 18.0. The Labute approximate surface area is 166 Å². The second-order valence-electron chi connectivity index (χ2n) is 6.36. The minimum atomic E-state index is 0.130. The summed E-state index contributed by atoms with van der Waals surface area (Å²) in [5.74, 6) is 2.13. The summed E-state index contributed by atoms with van der Waals surface area (Å²) in [6.07, 6.45) is 3.45. The van der Waals surface area contributed by atoms with E-state index in [0.29, 0.717) is 21.9 Å². The number of halogens is 2. The van der Waals surface area contributed by atoms with Crippen LogP contribution in [0, 0.1) is 0 Å². The van der Waals surface area contributed by atoms with Crippen molar-refractivity contribution in [3.05, 3.63) is 46.7 Å². The van der Waals surface area contributed by atoms with Gasteiger partial charge < -0.3 is 14.7 Å². The Morgan fingerprint density at radius 3 is 2.78 bits per heavy atom. The highest BCUT2D eigenvalue weighted by atomic mass is 35.5. The zero-order valence-electron chi connectivity index (χ0n) is 14.7. The Balaban J connectivity index is 1.56. The van der Waals surface area contributed by atoms with E-state index < -0.39 is 0 Å². The Morgan fingerprint density at radius 1 is 1.19 bits per heavy atom. The molecule has 1 aromatic carbocycles. The Hall–Kier alpha value is -2.38. The van der Waals surface area contributed by atoms with Crippen molar-refractivity contribution in [3.63, 3.8) is 0 Å². The lowest BCUT2D eigenvalue weighted by Gasteiger charge is -2.32. The van der Waals surface area contributed by atoms with Crippen LogP contribution in [-0.2, 0) is 0 Å². The molecule has 0 aliphatic carbocycles. The van der Waals surface area contributed by atoms with Crippen LogP contribution in [-0.4, -0.2) is 40.2 Å². The summed E-state index contributed by atoms with van der Waals surface area (Å²) in [7, 11) is 1.81. The molecular weight excluding hydrogens is 387 g/mol. The Bertz CT molecular complexity index is 930. The molecule has 140 valence electrons. The van der Waals surface area contributed by atoms with Crippen molar-refractivity contribution < 1.29 is 4.52 Å². The molecule has 1 aliphatic heterocycles. The molecule has 1 atom stereocenters. The van der Waals surface area contributed by atoms with E-state index in [-0.39, 0.29) is 5.92 Å². The molecule has 9 heteroatoms. The molecule has 0 saturated carbocycles. The number of rotatable bonds is 4. The summed E-state index contributed by atoms with van der Waals surface area (Å²) in [6.45, 7) is 1.61. The van der Waals surface area contributed by atoms with Crippen molar-refractivity contribution in [3.8, 4) is 11.4 Å². The van der Waals surface area contributed by atoms with Crippen LogP contribution in [0.5, 0.6) is 0 Å². The highest BCUT2D eigenvalue weighted by Gasteiger charge is 2.28. The SMILES string of the molecule is CNc1c(Cl)ncnc1N1CCCC(c2nc(-c3ccc(Cl)cc3)no2)C1. The van der Waals surface area contributed by atoms with Gasteiger partial charge in [0.25, 0.3) is 0 Å². The summed E-state index contributed by atoms with van der Waals surface area (Å²) >= 11 is 12.1. The van der Waals surface area contributed by atoms with Gasteiger partial charge in [0.2, 0.25) is 11.7 Å². The second kappa shape index (κ2) is 7.70. The van der Waals surface area contributed by atoms with E-state index in [0.717, 1.165) is 43.0 Å². The lowest BCUT2D eigenvalue weighted by Crippen LogP contribution is -2.35. The third kappa shape index (κ3) is 3.70. The number of anilines is 2. The van der Waals surface area contributed by atoms with E-state index in [1.165, 1.54) is 6.33 Å². The molecule has 0 radical (unpaired) electrons. The summed E-state index contributed by atoms with van der Waals surface area (Å²) in [5, 5.41) is 8.30. The van der Waals surface area contributed by atoms with Crippen LogP contribution in [0.25, 0.3) is 11.4 Å². The smallest absolute Gasteiger partial charge is 0.231 e. The number of nitrogens with zero attached hydrogens (tertiary/aromatic N) is 5. The van der Waals surface area contributed by atoms with Crippen molar-refractivity contribution in [2.24, 2.45) is 0 Å². The number of hydrogen-bond donors (Lipinski definition) is 1. The summed E-state index contributed by atoms with van der Waals surface area (Å²) < 4.78 is 5.56. The van der Waals surface area contributed by atoms with E-state index in [2.05, 4.69) is 30.3 Å². The fourth-order valence-electron chi connectivity index (χ4n) is 3.30. The molecule has 1 N–H and O–H groups in total. The molecular formula is C18H18Cl2N6O. The number of benzene rings is 1. The van der Waals surface area contributed by atoms with Gasteiger partial charge >= 0.3 is 0 Å². The number of hydrogen-bond acceptors (Lipinski definition) is 7. The molecule has 27 heavy (non-hydrogen) atoms. The maximum Gasteiger partial charge on any atom is 0.231 e. The van der Waals surface area contributed by atoms with Crippen LogP contribution in [0.3, 0.4) is 0 Å². The van der Waals surface area contributed by atoms with Gasteiger partial charge in [0, 0.05) is 30.7 Å². The van der Waals surface area contributed by atoms with Crippen LogP contribution in [0.1, 0.15) is 24.7 Å². The molecule has 3 aromatic rings. The topological polar surface area (TPSA) is 80.0 Å². The molecule has 1 aliphatic rings. The first-order chi connectivity index (χ1) is 13.2.